The fraction of sp³-hybridized carbons (Fsp3) is 0.391. The average Bonchev–Trinajstić information content (AvgIpc) is 3.22. The summed E-state index contributed by atoms with van der Waals surface area (Å²) in [6.45, 7) is 8.39. The molecule has 0 fully saturated rings. The molecule has 13 heteroatoms. The molecule has 0 aliphatic carbocycles. The van der Waals surface area contributed by atoms with Gasteiger partial charge in [0.25, 0.3) is 5.56 Å². The van der Waals surface area contributed by atoms with Gasteiger partial charge in [-0.15, -0.1) is 11.3 Å². The van der Waals surface area contributed by atoms with Crippen molar-refractivity contribution >= 4 is 61.6 Å². The molecule has 0 bridgehead atoms. The minimum Gasteiger partial charge on any atom is -0.505 e. The van der Waals surface area contributed by atoms with Gasteiger partial charge in [0, 0.05) is 12.2 Å². The molecule has 1 aromatic carbocycles. The van der Waals surface area contributed by atoms with Gasteiger partial charge in [-0.1, -0.05) is 20.8 Å². The maximum Gasteiger partial charge on any atom is 0.348 e. The topological polar surface area (TPSA) is 139 Å². The van der Waals surface area contributed by atoms with Crippen molar-refractivity contribution in [3.8, 4) is 5.75 Å². The number of nitrogens with zero attached hydrogens (tertiary/aromatic N) is 2. The number of fused-ring (bicyclic) bond motifs is 2. The number of amidine groups is 1. The largest absolute Gasteiger partial charge is 0.505 e. The number of hydrogen-bond donors (Lipinski definition) is 3. The van der Waals surface area contributed by atoms with Crippen LogP contribution in [0.15, 0.2) is 39.2 Å². The molecule has 36 heavy (non-hydrogen) atoms. The second kappa shape index (κ2) is 9.33. The molecule has 1 atom stereocenters. The van der Waals surface area contributed by atoms with Gasteiger partial charge in [-0.25, -0.2) is 8.42 Å². The fourth-order valence-corrected chi connectivity index (χ4v) is 7.11. The second-order valence-corrected chi connectivity index (χ2v) is 14.4. The van der Waals surface area contributed by atoms with E-state index in [0.717, 1.165) is 12.7 Å². The van der Waals surface area contributed by atoms with Crippen LogP contribution in [-0.4, -0.2) is 36.8 Å². The molecule has 3 N–H and O–H groups in total. The van der Waals surface area contributed by atoms with Crippen molar-refractivity contribution in [2.75, 3.05) is 22.9 Å². The first-order valence-electron chi connectivity index (χ1n) is 11.3. The molecule has 0 spiro atoms. The lowest BCUT2D eigenvalue weighted by Gasteiger charge is -2.26. The van der Waals surface area contributed by atoms with E-state index in [1.807, 2.05) is 0 Å². The van der Waals surface area contributed by atoms with E-state index in [1.165, 1.54) is 29.5 Å². The van der Waals surface area contributed by atoms with Gasteiger partial charge in [-0.05, 0) is 48.4 Å². The number of aryl methyl sites for hydroxylation is 1. The van der Waals surface area contributed by atoms with Gasteiger partial charge in [0.2, 0.25) is 10.0 Å². The lowest BCUT2D eigenvalue weighted by atomic mass is 9.92. The first-order valence-corrected chi connectivity index (χ1v) is 15.6. The monoisotopic (exact) mass is 552 g/mol. The first-order chi connectivity index (χ1) is 16.7. The highest BCUT2D eigenvalue weighted by Crippen LogP contribution is 2.52. The average molecular weight is 553 g/mol. The minimum atomic E-state index is -3.93. The summed E-state index contributed by atoms with van der Waals surface area (Å²) < 4.78 is 51.6. The van der Waals surface area contributed by atoms with Gasteiger partial charge >= 0.3 is 7.52 Å². The van der Waals surface area contributed by atoms with Gasteiger partial charge in [0.1, 0.15) is 5.56 Å². The molecule has 0 saturated carbocycles. The molecule has 1 unspecified atom stereocenters. The zero-order valence-corrected chi connectivity index (χ0v) is 23.2. The molecule has 2 aromatic heterocycles. The van der Waals surface area contributed by atoms with E-state index in [4.69, 9.17) is 4.52 Å². The molecule has 0 radical (unpaired) electrons. The van der Waals surface area contributed by atoms with Crippen LogP contribution in [0.25, 0.3) is 10.2 Å². The van der Waals surface area contributed by atoms with Gasteiger partial charge in [0.05, 0.1) is 34.1 Å². The third kappa shape index (κ3) is 5.22. The Morgan fingerprint density at radius 1 is 1.28 bits per heavy atom. The summed E-state index contributed by atoms with van der Waals surface area (Å²) in [6, 6.07) is 6.21. The summed E-state index contributed by atoms with van der Waals surface area (Å²) in [6.07, 6.45) is 1.73. The summed E-state index contributed by atoms with van der Waals surface area (Å²) in [5, 5.41) is 16.1. The van der Waals surface area contributed by atoms with Crippen LogP contribution in [0.1, 0.15) is 39.7 Å². The van der Waals surface area contributed by atoms with Crippen LogP contribution in [0.3, 0.4) is 0 Å². The highest BCUT2D eigenvalue weighted by Gasteiger charge is 2.36. The Bertz CT molecular complexity index is 1580. The van der Waals surface area contributed by atoms with E-state index in [-0.39, 0.29) is 40.2 Å². The summed E-state index contributed by atoms with van der Waals surface area (Å²) in [5.41, 5.74) is 0.573. The Balaban J connectivity index is 1.89. The van der Waals surface area contributed by atoms with E-state index in [9.17, 15) is 22.9 Å². The summed E-state index contributed by atoms with van der Waals surface area (Å²) in [7, 11) is -7.49. The molecule has 1 aliphatic rings. The minimum absolute atomic E-state index is 0.0260. The smallest absolute Gasteiger partial charge is 0.348 e. The molecule has 4 rings (SSSR count). The standard InChI is InChI=1S/C23H29N4O6PS2/c1-6-33-34(30)17-13-14(26-36(5,31)32)7-8-15(17)24-21(25-34)18-19(28)20-16(9-12-35-20)27(22(18)29)11-10-23(2,3)4/h7-9,12-13,26,28H,6,10-11H2,1-5H3,(H,24,25,30). The number of thiophene rings is 1. The number of aromatic nitrogens is 1. The zero-order valence-electron chi connectivity index (χ0n) is 20.7. The normalized spacial score (nSPS) is 18.0. The quantitative estimate of drug-likeness (QED) is 0.371. The Labute approximate surface area is 213 Å². The van der Waals surface area contributed by atoms with Crippen molar-refractivity contribution in [1.29, 1.82) is 0 Å². The van der Waals surface area contributed by atoms with E-state index < -0.39 is 23.1 Å². The molecule has 3 heterocycles. The third-order valence-electron chi connectivity index (χ3n) is 5.56. The molecule has 0 amide bonds. The van der Waals surface area contributed by atoms with Crippen LogP contribution >= 0.6 is 18.9 Å². The van der Waals surface area contributed by atoms with E-state index >= 15 is 0 Å². The van der Waals surface area contributed by atoms with Crippen molar-refractivity contribution in [3.63, 3.8) is 0 Å². The van der Waals surface area contributed by atoms with Crippen LogP contribution < -0.4 is 20.9 Å². The lowest BCUT2D eigenvalue weighted by molar-refractivity contribution is 0.341. The highest BCUT2D eigenvalue weighted by molar-refractivity contribution is 7.92. The van der Waals surface area contributed by atoms with Crippen molar-refractivity contribution in [2.45, 2.75) is 40.7 Å². The van der Waals surface area contributed by atoms with Crippen molar-refractivity contribution in [2.24, 2.45) is 10.2 Å². The first kappa shape index (κ1) is 26.4. The number of nitrogens with one attached hydrogen (secondary N) is 2. The molecule has 10 nitrogen and oxygen atoms in total. The second-order valence-electron chi connectivity index (χ2n) is 9.74. The van der Waals surface area contributed by atoms with Gasteiger partial charge < -0.3 is 19.5 Å². The lowest BCUT2D eigenvalue weighted by Crippen LogP contribution is -2.34. The highest BCUT2D eigenvalue weighted by atomic mass is 32.2. The number of pyridine rings is 1. The maximum atomic E-state index is 13.9. The number of anilines is 2. The Hall–Kier alpha value is -2.66. The number of sulfonamides is 1. The van der Waals surface area contributed by atoms with Crippen molar-refractivity contribution in [1.82, 2.24) is 4.57 Å². The Kier molecular flexibility index (Phi) is 6.85. The molecule has 0 saturated heterocycles. The zero-order chi connectivity index (χ0) is 26.5. The summed E-state index contributed by atoms with van der Waals surface area (Å²) >= 11 is 1.29. The number of benzene rings is 1. The fourth-order valence-electron chi connectivity index (χ4n) is 3.91. The molecular formula is C23H29N4O6PS2. The Morgan fingerprint density at radius 2 is 2.00 bits per heavy atom. The number of rotatable bonds is 7. The van der Waals surface area contributed by atoms with Gasteiger partial charge in [-0.3, -0.25) is 14.1 Å². The van der Waals surface area contributed by atoms with E-state index in [0.29, 0.717) is 22.4 Å². The van der Waals surface area contributed by atoms with E-state index in [1.54, 1.807) is 22.9 Å². The van der Waals surface area contributed by atoms with Crippen molar-refractivity contribution < 1.29 is 22.6 Å². The summed E-state index contributed by atoms with van der Waals surface area (Å²) in [5.74, 6) is -0.310. The van der Waals surface area contributed by atoms with Crippen LogP contribution in [0.5, 0.6) is 5.75 Å². The predicted octanol–water partition coefficient (Wildman–Crippen LogP) is 4.30. The van der Waals surface area contributed by atoms with Crippen LogP contribution in [0.2, 0.25) is 0 Å². The summed E-state index contributed by atoms with van der Waals surface area (Å²) in [4.78, 5) is 13.7. The van der Waals surface area contributed by atoms with Crippen LogP contribution in [0, 0.1) is 5.41 Å². The van der Waals surface area contributed by atoms with Crippen LogP contribution in [-0.2, 0) is 25.7 Å². The number of aromatic hydroxyl groups is 1. The molecule has 3 aromatic rings. The third-order valence-corrected chi connectivity index (χ3v) is 9.13. The SMILES string of the molecule is CCOP1(=O)N=C(c2c(O)c3sccc3n(CCC(C)(C)C)c2=O)Nc2ccc(NS(C)(=O)=O)cc21. The van der Waals surface area contributed by atoms with Crippen LogP contribution in [0.4, 0.5) is 11.4 Å². The number of hydrogen-bond acceptors (Lipinski definition) is 8. The molecular weight excluding hydrogens is 523 g/mol. The van der Waals surface area contributed by atoms with E-state index in [2.05, 4.69) is 35.6 Å². The molecule has 1 aliphatic heterocycles. The maximum absolute atomic E-state index is 13.9. The van der Waals surface area contributed by atoms with Crippen molar-refractivity contribution in [3.05, 3.63) is 45.6 Å². The predicted molar refractivity (Wildman–Crippen MR) is 146 cm³/mol. The van der Waals surface area contributed by atoms with Gasteiger partial charge in [-0.2, -0.15) is 4.76 Å². The Morgan fingerprint density at radius 3 is 2.64 bits per heavy atom. The van der Waals surface area contributed by atoms with Gasteiger partial charge in [0.15, 0.2) is 11.6 Å². The molecule has 194 valence electrons.